The first-order valence-electron chi connectivity index (χ1n) is 31.3. The Labute approximate surface area is 496 Å². The maximum absolute atomic E-state index is 7.98. The van der Waals surface area contributed by atoms with E-state index in [0.29, 0.717) is 0 Å². The van der Waals surface area contributed by atoms with Crippen molar-refractivity contribution < 1.29 is 13.3 Å². The fraction of sp³-hybridized carbons (Fsp3) is 0.359. The molecule has 0 fully saturated rings. The Hall–Kier alpha value is -7.44. The molecular weight excluding hydrogens is 1020 g/mol. The Morgan fingerprint density at radius 3 is 1.58 bits per heavy atom. The van der Waals surface area contributed by atoms with Crippen LogP contribution in [-0.4, -0.2) is 6.85 Å². The molecule has 5 nitrogen and oxygen atoms in total. The van der Waals surface area contributed by atoms with Crippen LogP contribution in [0.15, 0.2) is 147 Å². The molecule has 84 heavy (non-hydrogen) atoms. The first kappa shape index (κ1) is 52.1. The van der Waals surface area contributed by atoms with Gasteiger partial charge in [-0.15, -0.1) is 0 Å². The van der Waals surface area contributed by atoms with E-state index in [4.69, 9.17) is 13.3 Å². The van der Waals surface area contributed by atoms with Crippen molar-refractivity contribution in [3.8, 4) is 22.3 Å². The van der Waals surface area contributed by atoms with Gasteiger partial charge in [0.25, 0.3) is 0 Å². The lowest BCUT2D eigenvalue weighted by atomic mass is 9.45. The third-order valence-corrected chi connectivity index (χ3v) is 22.0. The molecule has 0 spiro atoms. The van der Waals surface area contributed by atoms with Crippen molar-refractivity contribution in [3.63, 3.8) is 0 Å². The molecule has 0 N–H and O–H groups in total. The SMILES string of the molecule is CC(C)(C)c1ccc(N2c3cc4c(oc5ccccc54)c4c3B(c3oc5cc6c(cc5c32)C(C)(C)CCC6(C)C)N(c2ccc3c(c2)C(C)(C)CCC3(C)C)c2cc3c(cc2-4)oc2cc4c(cc23)C(C)(C)CCC4(C)C)c(-c2ccccc2)c1. The second kappa shape index (κ2) is 16.7. The van der Waals surface area contributed by atoms with Crippen molar-refractivity contribution in [2.24, 2.45) is 0 Å². The van der Waals surface area contributed by atoms with Gasteiger partial charge in [-0.3, -0.25) is 0 Å². The lowest BCUT2D eigenvalue weighted by Crippen LogP contribution is -2.61. The van der Waals surface area contributed by atoms with E-state index in [9.17, 15) is 0 Å². The average Bonchev–Trinajstić information content (AvgIpc) is 1.35. The molecule has 5 heterocycles. The molecule has 0 bridgehead atoms. The predicted octanol–water partition coefficient (Wildman–Crippen LogP) is 21.0. The molecule has 3 aliphatic carbocycles. The van der Waals surface area contributed by atoms with Crippen LogP contribution in [-0.2, 0) is 37.9 Å². The zero-order valence-corrected chi connectivity index (χ0v) is 52.1. The number of benzene rings is 8. The third-order valence-electron chi connectivity index (χ3n) is 22.0. The van der Waals surface area contributed by atoms with Crippen LogP contribution >= 0.6 is 0 Å². The highest BCUT2D eigenvalue weighted by Gasteiger charge is 2.52. The van der Waals surface area contributed by atoms with Crippen LogP contribution < -0.4 is 20.8 Å². The Morgan fingerprint density at radius 1 is 0.405 bits per heavy atom. The molecule has 5 aliphatic rings. The second-order valence-electron chi connectivity index (χ2n) is 31.2. The van der Waals surface area contributed by atoms with E-state index in [0.717, 1.165) is 139 Å². The summed E-state index contributed by atoms with van der Waals surface area (Å²) in [5, 5.41) is 5.62. The summed E-state index contributed by atoms with van der Waals surface area (Å²) in [4.78, 5) is 5.31. The van der Waals surface area contributed by atoms with Gasteiger partial charge in [-0.2, -0.15) is 0 Å². The number of rotatable bonds is 3. The summed E-state index contributed by atoms with van der Waals surface area (Å²) in [6, 6.07) is 51.7. The van der Waals surface area contributed by atoms with Gasteiger partial charge < -0.3 is 23.0 Å². The maximum Gasteiger partial charge on any atom is 0.376 e. The summed E-state index contributed by atoms with van der Waals surface area (Å²) in [6.07, 6.45) is 6.76. The van der Waals surface area contributed by atoms with Crippen molar-refractivity contribution in [2.45, 2.75) is 180 Å². The normalized spacial score (nSPS) is 19.3. The number of hydrogen-bond donors (Lipinski definition) is 0. The number of furan rings is 3. The van der Waals surface area contributed by atoms with Gasteiger partial charge in [0.15, 0.2) is 0 Å². The number of hydrogen-bond acceptors (Lipinski definition) is 5. The van der Waals surface area contributed by atoms with Gasteiger partial charge >= 0.3 is 6.85 Å². The molecule has 0 saturated carbocycles. The molecule has 11 aromatic rings. The molecule has 0 unspecified atom stereocenters. The van der Waals surface area contributed by atoms with E-state index in [2.05, 4.69) is 247 Å². The molecule has 0 atom stereocenters. The van der Waals surface area contributed by atoms with Crippen molar-refractivity contribution >= 4 is 101 Å². The zero-order valence-electron chi connectivity index (χ0n) is 52.1. The molecule has 0 saturated heterocycles. The van der Waals surface area contributed by atoms with Crippen LogP contribution in [0.25, 0.3) is 77.1 Å². The van der Waals surface area contributed by atoms with Crippen LogP contribution in [0.2, 0.25) is 0 Å². The number of para-hydroxylation sites is 1. The molecule has 3 aromatic heterocycles. The minimum Gasteiger partial charge on any atom is -0.466 e. The number of nitrogens with zero attached hydrogens (tertiary/aromatic N) is 2. The van der Waals surface area contributed by atoms with Gasteiger partial charge in [0.1, 0.15) is 33.6 Å². The third kappa shape index (κ3) is 7.21. The minimum atomic E-state index is -0.410. The van der Waals surface area contributed by atoms with Gasteiger partial charge in [0.05, 0.1) is 11.4 Å². The smallest absolute Gasteiger partial charge is 0.376 e. The average molecular weight is 1100 g/mol. The summed E-state index contributed by atoms with van der Waals surface area (Å²) in [5.41, 5.74) is 26.4. The Bertz CT molecular complexity index is 4680. The van der Waals surface area contributed by atoms with Crippen LogP contribution in [0.1, 0.15) is 181 Å². The van der Waals surface area contributed by atoms with E-state index in [1.807, 2.05) is 0 Å². The van der Waals surface area contributed by atoms with Crippen LogP contribution in [0.5, 0.6) is 0 Å². The Morgan fingerprint density at radius 2 is 0.940 bits per heavy atom. The largest absolute Gasteiger partial charge is 0.466 e. The van der Waals surface area contributed by atoms with Crippen molar-refractivity contribution in [1.82, 2.24) is 0 Å². The molecule has 8 aromatic carbocycles. The summed E-state index contributed by atoms with van der Waals surface area (Å²) < 4.78 is 22.6. The highest BCUT2D eigenvalue weighted by Crippen LogP contribution is 2.58. The second-order valence-corrected chi connectivity index (χ2v) is 31.2. The minimum absolute atomic E-state index is 0.0254. The lowest BCUT2D eigenvalue weighted by Gasteiger charge is -2.46. The van der Waals surface area contributed by atoms with Crippen LogP contribution in [0.3, 0.4) is 0 Å². The van der Waals surface area contributed by atoms with E-state index in [1.54, 1.807) is 0 Å². The van der Waals surface area contributed by atoms with Gasteiger partial charge in [-0.1, -0.05) is 165 Å². The molecule has 0 amide bonds. The highest BCUT2D eigenvalue weighted by molar-refractivity contribution is 6.93. The number of fused-ring (bicyclic) bond motifs is 16. The fourth-order valence-electron chi connectivity index (χ4n) is 16.4. The molecule has 2 aliphatic heterocycles. The summed E-state index contributed by atoms with van der Waals surface area (Å²) in [6.45, 7) is 35.8. The van der Waals surface area contributed by atoms with Gasteiger partial charge in [-0.05, 0) is 199 Å². The first-order valence-corrected chi connectivity index (χ1v) is 31.3. The van der Waals surface area contributed by atoms with E-state index < -0.39 is 6.85 Å². The summed E-state index contributed by atoms with van der Waals surface area (Å²) >= 11 is 0. The standard InChI is InChI=1S/C78H79BN2O3/c1-72(2,3)45-25-28-60(48(35-45)44-21-17-16-18-22-44)80-62-40-51-47-23-19-20-24-63(47)83-70(51)67-52-41-64-50(49-37-56-58(42-65(49)82-64)77(12,13)33-31-75(56,8)9)39-61(52)81(46-26-27-54-55(36-46)74(6,7)30-29-73(54,4)5)79(68(62)67)71-69(80)53-38-57-59(43-66(53)84-71)78(14,15)34-32-76(57,10)11/h16-28,35-43H,29-34H2,1-15H3. The fourth-order valence-corrected chi connectivity index (χ4v) is 16.4. The Kier molecular flexibility index (Phi) is 10.4. The molecule has 422 valence electrons. The summed E-state index contributed by atoms with van der Waals surface area (Å²) in [5.74, 6) is 0. The predicted molar refractivity (Wildman–Crippen MR) is 354 cm³/mol. The molecule has 0 radical (unpaired) electrons. The first-order chi connectivity index (χ1) is 39.7. The van der Waals surface area contributed by atoms with Crippen LogP contribution in [0, 0.1) is 0 Å². The van der Waals surface area contributed by atoms with Gasteiger partial charge in [0, 0.05) is 60.7 Å². The van der Waals surface area contributed by atoms with E-state index >= 15 is 0 Å². The maximum atomic E-state index is 7.98. The monoisotopic (exact) mass is 1100 g/mol. The molecule has 16 rings (SSSR count). The summed E-state index contributed by atoms with van der Waals surface area (Å²) in [7, 11) is 0. The highest BCUT2D eigenvalue weighted by atomic mass is 16.3. The van der Waals surface area contributed by atoms with Crippen molar-refractivity contribution in [1.29, 1.82) is 0 Å². The Balaban J connectivity index is 1.10. The zero-order chi connectivity index (χ0) is 58.3. The van der Waals surface area contributed by atoms with Gasteiger partial charge in [0.2, 0.25) is 0 Å². The van der Waals surface area contributed by atoms with Crippen LogP contribution in [0.4, 0.5) is 28.4 Å². The lowest BCUT2D eigenvalue weighted by molar-refractivity contribution is 0.332. The van der Waals surface area contributed by atoms with Gasteiger partial charge in [-0.25, -0.2) is 0 Å². The molecule has 6 heteroatoms. The van der Waals surface area contributed by atoms with Crippen molar-refractivity contribution in [3.05, 3.63) is 172 Å². The number of anilines is 5. The van der Waals surface area contributed by atoms with E-state index in [1.165, 1.54) is 55.5 Å². The topological polar surface area (TPSA) is 45.9 Å². The van der Waals surface area contributed by atoms with Crippen molar-refractivity contribution in [2.75, 3.05) is 9.71 Å². The quantitative estimate of drug-likeness (QED) is 0.165. The molecular formula is C78H79BN2O3. The van der Waals surface area contributed by atoms with E-state index in [-0.39, 0.29) is 37.9 Å².